The molecule has 4 amide bonds. The number of nitrogens with zero attached hydrogens (tertiary/aromatic N) is 4. The molecule has 4 N–H and O–H groups in total. The summed E-state index contributed by atoms with van der Waals surface area (Å²) in [5.74, 6) is 1.41. The van der Waals surface area contributed by atoms with E-state index < -0.39 is 0 Å². The van der Waals surface area contributed by atoms with Crippen molar-refractivity contribution in [2.75, 3.05) is 13.1 Å². The van der Waals surface area contributed by atoms with E-state index in [1.54, 1.807) is 22.3 Å². The van der Waals surface area contributed by atoms with E-state index in [1.807, 2.05) is 15.9 Å². The van der Waals surface area contributed by atoms with E-state index in [1.165, 1.54) is 51.6 Å². The van der Waals surface area contributed by atoms with Gasteiger partial charge in [0.2, 0.25) is 0 Å². The summed E-state index contributed by atoms with van der Waals surface area (Å²) in [5, 5.41) is 0. The average molecular weight is 729 g/mol. The Balaban J connectivity index is 0.746. The minimum atomic E-state index is -0.340. The van der Waals surface area contributed by atoms with Crippen LogP contribution in [0.2, 0.25) is 0 Å². The van der Waals surface area contributed by atoms with Gasteiger partial charge in [0.1, 0.15) is 0 Å². The molecular weight excluding hydrogens is 669 g/mol. The van der Waals surface area contributed by atoms with E-state index in [2.05, 4.69) is 76.5 Å². The van der Waals surface area contributed by atoms with Crippen molar-refractivity contribution in [3.63, 3.8) is 0 Å². The van der Waals surface area contributed by atoms with Crippen LogP contribution in [0, 0.1) is 11.8 Å². The molecule has 3 aromatic carbocycles. The molecule has 9 rings (SSSR count). The monoisotopic (exact) mass is 728 g/mol. The molecule has 8 nitrogen and oxygen atoms in total. The van der Waals surface area contributed by atoms with Gasteiger partial charge < -0.3 is 21.3 Å². The van der Waals surface area contributed by atoms with Crippen LogP contribution in [0.3, 0.4) is 0 Å². The Morgan fingerprint density at radius 3 is 1.19 bits per heavy atom. The maximum absolute atomic E-state index is 12.8. The van der Waals surface area contributed by atoms with Crippen LogP contribution >= 0.6 is 0 Å². The highest BCUT2D eigenvalue weighted by molar-refractivity contribution is 5.73. The summed E-state index contributed by atoms with van der Waals surface area (Å²) in [7, 11) is 0. The Morgan fingerprint density at radius 1 is 0.500 bits per heavy atom. The summed E-state index contributed by atoms with van der Waals surface area (Å²) in [4.78, 5) is 35.0. The molecule has 0 radical (unpaired) electrons. The number of fused-ring (bicyclic) bond motifs is 10. The maximum atomic E-state index is 12.8. The van der Waals surface area contributed by atoms with E-state index >= 15 is 0 Å². The third-order valence-electron chi connectivity index (χ3n) is 14.8. The van der Waals surface area contributed by atoms with E-state index in [4.69, 9.17) is 11.5 Å². The number of carbonyl (C=O) groups is 2. The van der Waals surface area contributed by atoms with Gasteiger partial charge in [-0.1, -0.05) is 72.8 Å². The normalized spacial score (nSPS) is 29.9. The summed E-state index contributed by atoms with van der Waals surface area (Å²) in [6.45, 7) is 3.34. The third kappa shape index (κ3) is 6.94. The van der Waals surface area contributed by atoms with Crippen LogP contribution in [-0.2, 0) is 13.1 Å². The standard InChI is InChI=1S/C46H60N6O2/c47-45(53)51(35-16-12-31(13-17-35)24-26-49-41-20-21-42(49)38-9-2-1-8-37(38)41)29-33-6-5-7-34(28-33)30-52(46(48)54)36-18-14-32(15-19-36)25-27-50-43-22-23-44(50)40-11-4-3-10-39(40)43/h1-11,28,31-32,35-36,41-44H,12-27,29-30H2,(H2,47,53)(H2,48,54)/t31-,32-,35-,36-,41-,42+,43-,44+. The summed E-state index contributed by atoms with van der Waals surface area (Å²) in [5.41, 5.74) is 20.4. The van der Waals surface area contributed by atoms with Crippen molar-refractivity contribution in [2.24, 2.45) is 23.3 Å². The van der Waals surface area contributed by atoms with Crippen LogP contribution in [0.5, 0.6) is 0 Å². The summed E-state index contributed by atoms with van der Waals surface area (Å²) < 4.78 is 0. The van der Waals surface area contributed by atoms with Crippen LogP contribution in [0.15, 0.2) is 72.8 Å². The molecule has 2 saturated carbocycles. The highest BCUT2D eigenvalue weighted by atomic mass is 16.2. The Bertz CT molecular complexity index is 1630. The van der Waals surface area contributed by atoms with E-state index in [-0.39, 0.29) is 24.1 Å². The fourth-order valence-corrected chi connectivity index (χ4v) is 12.1. The lowest BCUT2D eigenvalue weighted by Crippen LogP contribution is -2.45. The van der Waals surface area contributed by atoms with Crippen molar-refractivity contribution in [2.45, 2.75) is 139 Å². The van der Waals surface area contributed by atoms with Gasteiger partial charge in [-0.3, -0.25) is 9.80 Å². The topological polar surface area (TPSA) is 99.1 Å². The van der Waals surface area contributed by atoms with Gasteiger partial charge >= 0.3 is 12.1 Å². The predicted octanol–water partition coefficient (Wildman–Crippen LogP) is 9.13. The highest BCUT2D eigenvalue weighted by Gasteiger charge is 2.44. The van der Waals surface area contributed by atoms with Gasteiger partial charge in [0.15, 0.2) is 0 Å². The van der Waals surface area contributed by atoms with Crippen molar-refractivity contribution in [1.82, 2.24) is 19.6 Å². The number of rotatable bonds is 12. The van der Waals surface area contributed by atoms with Crippen LogP contribution < -0.4 is 11.5 Å². The zero-order valence-corrected chi connectivity index (χ0v) is 32.0. The van der Waals surface area contributed by atoms with E-state index in [0.717, 1.165) is 62.5 Å². The molecule has 4 heterocycles. The number of benzene rings is 3. The molecular formula is C46H60N6O2. The molecule has 8 heteroatoms. The highest BCUT2D eigenvalue weighted by Crippen LogP contribution is 2.54. The molecule has 4 fully saturated rings. The molecule has 6 aliphatic rings. The Kier molecular flexibility index (Phi) is 10.2. The lowest BCUT2D eigenvalue weighted by Gasteiger charge is -2.37. The summed E-state index contributed by atoms with van der Waals surface area (Å²) >= 11 is 0. The molecule has 0 unspecified atom stereocenters. The number of amides is 4. The first kappa shape index (κ1) is 35.8. The zero-order chi connectivity index (χ0) is 36.8. The average Bonchev–Trinajstić information content (AvgIpc) is 3.96. The second kappa shape index (κ2) is 15.3. The van der Waals surface area contributed by atoms with Gasteiger partial charge in [0.05, 0.1) is 0 Å². The van der Waals surface area contributed by atoms with Gasteiger partial charge in [-0.15, -0.1) is 0 Å². The number of hydrogen-bond acceptors (Lipinski definition) is 4. The number of hydrogen-bond donors (Lipinski definition) is 2. The molecule has 54 heavy (non-hydrogen) atoms. The van der Waals surface area contributed by atoms with Crippen molar-refractivity contribution in [3.8, 4) is 0 Å². The first-order chi connectivity index (χ1) is 26.4. The van der Waals surface area contributed by atoms with Gasteiger partial charge in [-0.05, 0) is 148 Å². The first-order valence-electron chi connectivity index (χ1n) is 21.3. The third-order valence-corrected chi connectivity index (χ3v) is 14.8. The van der Waals surface area contributed by atoms with E-state index in [0.29, 0.717) is 49.1 Å². The SMILES string of the molecule is NC(=O)N(Cc1cccc(CN(C(N)=O)[C@H]2CC[C@H](CCN3[C@@H]4CC[C@H]3c3ccccc34)CC2)c1)[C@H]1CC[C@H](CCN2[C@@H]3CC[C@H]2c2ccccc23)CC1. The molecule has 286 valence electrons. The Labute approximate surface area is 322 Å². The largest absolute Gasteiger partial charge is 0.351 e. The number of nitrogens with two attached hydrogens (primary N) is 2. The van der Waals surface area contributed by atoms with Crippen molar-refractivity contribution >= 4 is 12.1 Å². The molecule has 4 atom stereocenters. The minimum Gasteiger partial charge on any atom is -0.351 e. The molecule has 0 spiro atoms. The van der Waals surface area contributed by atoms with Crippen molar-refractivity contribution < 1.29 is 9.59 Å². The molecule has 3 aromatic rings. The smallest absolute Gasteiger partial charge is 0.315 e. The van der Waals surface area contributed by atoms with Crippen molar-refractivity contribution in [1.29, 1.82) is 0 Å². The Morgan fingerprint density at radius 2 is 0.852 bits per heavy atom. The van der Waals surface area contributed by atoms with Crippen LogP contribution in [0.4, 0.5) is 9.59 Å². The van der Waals surface area contributed by atoms with Gasteiger partial charge in [-0.2, -0.15) is 0 Å². The minimum absolute atomic E-state index is 0.169. The lowest BCUT2D eigenvalue weighted by atomic mass is 9.83. The van der Waals surface area contributed by atoms with Crippen LogP contribution in [0.25, 0.3) is 0 Å². The zero-order valence-electron chi connectivity index (χ0n) is 32.0. The van der Waals surface area contributed by atoms with Gasteiger partial charge in [0.25, 0.3) is 0 Å². The molecule has 4 bridgehead atoms. The van der Waals surface area contributed by atoms with Gasteiger partial charge in [-0.25, -0.2) is 9.59 Å². The fourth-order valence-electron chi connectivity index (χ4n) is 12.1. The first-order valence-corrected chi connectivity index (χ1v) is 21.3. The maximum Gasteiger partial charge on any atom is 0.315 e. The Hall–Kier alpha value is -3.88. The quantitative estimate of drug-likeness (QED) is 0.194. The molecule has 4 aliphatic heterocycles. The fraction of sp³-hybridized carbons (Fsp3) is 0.565. The summed E-state index contributed by atoms with van der Waals surface area (Å²) in [6, 6.07) is 28.6. The van der Waals surface area contributed by atoms with E-state index in [9.17, 15) is 9.59 Å². The van der Waals surface area contributed by atoms with Gasteiger partial charge in [0, 0.05) is 49.3 Å². The summed E-state index contributed by atoms with van der Waals surface area (Å²) in [6.07, 6.45) is 16.2. The molecule has 0 aromatic heterocycles. The number of primary amides is 2. The van der Waals surface area contributed by atoms with Crippen LogP contribution in [0.1, 0.15) is 147 Å². The second-order valence-electron chi connectivity index (χ2n) is 17.6. The van der Waals surface area contributed by atoms with Crippen molar-refractivity contribution in [3.05, 3.63) is 106 Å². The predicted molar refractivity (Wildman–Crippen MR) is 213 cm³/mol. The molecule has 2 saturated heterocycles. The second-order valence-corrected chi connectivity index (χ2v) is 17.6. The van der Waals surface area contributed by atoms with Crippen LogP contribution in [-0.4, -0.2) is 56.8 Å². The molecule has 2 aliphatic carbocycles. The lowest BCUT2D eigenvalue weighted by molar-refractivity contribution is 0.134. The number of urea groups is 2. The number of carbonyl (C=O) groups excluding carboxylic acids is 2.